The number of pyridine rings is 1. The summed E-state index contributed by atoms with van der Waals surface area (Å²) in [6.45, 7) is 5.89. The molecular weight excluding hydrogens is 270 g/mol. The zero-order valence-electron chi connectivity index (χ0n) is 12.2. The zero-order chi connectivity index (χ0) is 15.1. The van der Waals surface area contributed by atoms with Crippen molar-refractivity contribution in [3.63, 3.8) is 0 Å². The van der Waals surface area contributed by atoms with Gasteiger partial charge in [0.05, 0.1) is 0 Å². The van der Waals surface area contributed by atoms with Crippen LogP contribution < -0.4 is 5.32 Å². The van der Waals surface area contributed by atoms with Crippen LogP contribution in [0.5, 0.6) is 0 Å². The van der Waals surface area contributed by atoms with Crippen molar-refractivity contribution in [3.8, 4) is 0 Å². The molecule has 0 atom stereocenters. The number of anilines is 1. The molecule has 0 spiro atoms. The van der Waals surface area contributed by atoms with Gasteiger partial charge in [-0.15, -0.1) is 0 Å². The molecule has 21 heavy (non-hydrogen) atoms. The summed E-state index contributed by atoms with van der Waals surface area (Å²) in [5.74, 6) is 0.525. The fourth-order valence-corrected chi connectivity index (χ4v) is 1.95. The van der Waals surface area contributed by atoms with Crippen molar-refractivity contribution in [1.82, 2.24) is 20.0 Å². The van der Waals surface area contributed by atoms with Crippen LogP contribution in [-0.2, 0) is 6.42 Å². The summed E-state index contributed by atoms with van der Waals surface area (Å²) in [5.41, 5.74) is 1.29. The number of carbonyl (C=O) groups is 1. The Labute approximate surface area is 123 Å². The van der Waals surface area contributed by atoms with Crippen molar-refractivity contribution in [3.05, 3.63) is 36.2 Å². The van der Waals surface area contributed by atoms with E-state index in [0.717, 1.165) is 5.69 Å². The lowest BCUT2D eigenvalue weighted by Gasteiger charge is -2.18. The maximum Gasteiger partial charge on any atom is 0.272 e. The quantitative estimate of drug-likeness (QED) is 0.833. The van der Waals surface area contributed by atoms with Crippen molar-refractivity contribution in [2.24, 2.45) is 0 Å². The minimum absolute atomic E-state index is 0.0550. The second-order valence-electron chi connectivity index (χ2n) is 4.42. The third-order valence-corrected chi connectivity index (χ3v) is 3.10. The first-order valence-electron chi connectivity index (χ1n) is 6.99. The lowest BCUT2D eigenvalue weighted by Crippen LogP contribution is -2.31. The van der Waals surface area contributed by atoms with E-state index < -0.39 is 0 Å². The highest BCUT2D eigenvalue weighted by Crippen LogP contribution is 2.10. The van der Waals surface area contributed by atoms with Crippen LogP contribution in [0.4, 0.5) is 5.69 Å². The molecule has 0 saturated heterocycles. The van der Waals surface area contributed by atoms with Gasteiger partial charge in [0.2, 0.25) is 5.89 Å². The third-order valence-electron chi connectivity index (χ3n) is 3.10. The first-order valence-corrected chi connectivity index (χ1v) is 6.99. The molecule has 0 aliphatic rings. The molecule has 7 nitrogen and oxygen atoms in total. The van der Waals surface area contributed by atoms with Gasteiger partial charge in [-0.2, -0.15) is 4.98 Å². The van der Waals surface area contributed by atoms with E-state index in [9.17, 15) is 4.79 Å². The van der Waals surface area contributed by atoms with Crippen molar-refractivity contribution in [1.29, 1.82) is 0 Å². The molecule has 0 aromatic carbocycles. The average molecular weight is 289 g/mol. The van der Waals surface area contributed by atoms with Gasteiger partial charge in [-0.3, -0.25) is 9.78 Å². The summed E-state index contributed by atoms with van der Waals surface area (Å²) in [7, 11) is 0. The smallest absolute Gasteiger partial charge is 0.272 e. The lowest BCUT2D eigenvalue weighted by molar-refractivity contribution is 0.0767. The second kappa shape index (κ2) is 7.37. The standard InChI is InChI=1S/C14H19N5O2/c1-3-19(4-2)14(20)12-9-11(5-7-16-12)15-8-6-13-17-10-18-21-13/h5,7,9-10H,3-4,6,8H2,1-2H3,(H,15,16). The highest BCUT2D eigenvalue weighted by Gasteiger charge is 2.14. The monoisotopic (exact) mass is 289 g/mol. The largest absolute Gasteiger partial charge is 0.384 e. The molecule has 1 N–H and O–H groups in total. The summed E-state index contributed by atoms with van der Waals surface area (Å²) < 4.78 is 4.92. The molecular formula is C14H19N5O2. The Hall–Kier alpha value is -2.44. The van der Waals surface area contributed by atoms with E-state index in [1.165, 1.54) is 6.33 Å². The number of aromatic nitrogens is 3. The Balaban J connectivity index is 1.95. The molecule has 0 radical (unpaired) electrons. The Kier molecular flexibility index (Phi) is 5.25. The predicted molar refractivity (Wildman–Crippen MR) is 78.0 cm³/mol. The van der Waals surface area contributed by atoms with Gasteiger partial charge in [-0.1, -0.05) is 5.16 Å². The van der Waals surface area contributed by atoms with E-state index in [1.54, 1.807) is 17.2 Å². The molecule has 2 rings (SSSR count). The average Bonchev–Trinajstić information content (AvgIpc) is 3.02. The van der Waals surface area contributed by atoms with E-state index >= 15 is 0 Å². The van der Waals surface area contributed by atoms with E-state index in [1.807, 2.05) is 19.9 Å². The van der Waals surface area contributed by atoms with Crippen LogP contribution >= 0.6 is 0 Å². The zero-order valence-corrected chi connectivity index (χ0v) is 12.2. The summed E-state index contributed by atoms with van der Waals surface area (Å²) in [4.78, 5) is 22.1. The number of hydrogen-bond acceptors (Lipinski definition) is 6. The van der Waals surface area contributed by atoms with Crippen LogP contribution in [-0.4, -0.2) is 45.6 Å². The minimum Gasteiger partial charge on any atom is -0.384 e. The number of rotatable bonds is 7. The van der Waals surface area contributed by atoms with Crippen molar-refractivity contribution < 1.29 is 9.32 Å². The van der Waals surface area contributed by atoms with Gasteiger partial charge in [0.15, 0.2) is 6.33 Å². The minimum atomic E-state index is -0.0550. The predicted octanol–water partition coefficient (Wildman–Crippen LogP) is 1.60. The molecule has 0 saturated carbocycles. The van der Waals surface area contributed by atoms with Gasteiger partial charge in [0.1, 0.15) is 5.69 Å². The molecule has 2 aromatic rings. The molecule has 0 aliphatic heterocycles. The number of nitrogens with one attached hydrogen (secondary N) is 1. The van der Waals surface area contributed by atoms with Gasteiger partial charge < -0.3 is 14.7 Å². The SMILES string of the molecule is CCN(CC)C(=O)c1cc(NCCc2ncno2)ccn1. The van der Waals surface area contributed by atoms with Gasteiger partial charge in [-0.25, -0.2) is 0 Å². The maximum atomic E-state index is 12.2. The molecule has 0 aliphatic carbocycles. The van der Waals surface area contributed by atoms with Gasteiger partial charge >= 0.3 is 0 Å². The number of carbonyl (C=O) groups excluding carboxylic acids is 1. The van der Waals surface area contributed by atoms with Gasteiger partial charge in [-0.05, 0) is 26.0 Å². The first-order chi connectivity index (χ1) is 10.2. The van der Waals surface area contributed by atoms with Gasteiger partial charge in [0, 0.05) is 37.9 Å². The molecule has 0 unspecified atom stereocenters. The van der Waals surface area contributed by atoms with Crippen LogP contribution in [0, 0.1) is 0 Å². The lowest BCUT2D eigenvalue weighted by atomic mass is 10.2. The highest BCUT2D eigenvalue weighted by molar-refractivity contribution is 5.93. The van der Waals surface area contributed by atoms with E-state index in [2.05, 4.69) is 20.4 Å². The first kappa shape index (κ1) is 15.0. The number of nitrogens with zero attached hydrogens (tertiary/aromatic N) is 4. The van der Waals surface area contributed by atoms with Crippen LogP contribution in [0.15, 0.2) is 29.2 Å². The van der Waals surface area contributed by atoms with E-state index in [4.69, 9.17) is 4.52 Å². The summed E-state index contributed by atoms with van der Waals surface area (Å²) >= 11 is 0. The van der Waals surface area contributed by atoms with Crippen LogP contribution in [0.1, 0.15) is 30.2 Å². The number of amides is 1. The summed E-state index contributed by atoms with van der Waals surface area (Å²) in [5, 5.41) is 6.76. The fraction of sp³-hybridized carbons (Fsp3) is 0.429. The Morgan fingerprint density at radius 3 is 2.81 bits per heavy atom. The Bertz CT molecular complexity index is 567. The molecule has 7 heteroatoms. The van der Waals surface area contributed by atoms with Crippen LogP contribution in [0.25, 0.3) is 0 Å². The third kappa shape index (κ3) is 4.01. The van der Waals surface area contributed by atoms with E-state index in [-0.39, 0.29) is 5.91 Å². The summed E-state index contributed by atoms with van der Waals surface area (Å²) in [6.07, 6.45) is 3.63. The molecule has 0 fully saturated rings. The van der Waals surface area contributed by atoms with Gasteiger partial charge in [0.25, 0.3) is 5.91 Å². The second-order valence-corrected chi connectivity index (χ2v) is 4.42. The molecule has 1 amide bonds. The van der Waals surface area contributed by atoms with Crippen LogP contribution in [0.2, 0.25) is 0 Å². The Morgan fingerprint density at radius 2 is 2.14 bits per heavy atom. The Morgan fingerprint density at radius 1 is 1.33 bits per heavy atom. The van der Waals surface area contributed by atoms with Crippen molar-refractivity contribution >= 4 is 11.6 Å². The van der Waals surface area contributed by atoms with Crippen molar-refractivity contribution in [2.45, 2.75) is 20.3 Å². The highest BCUT2D eigenvalue weighted by atomic mass is 16.5. The van der Waals surface area contributed by atoms with Crippen molar-refractivity contribution in [2.75, 3.05) is 25.0 Å². The molecule has 0 bridgehead atoms. The normalized spacial score (nSPS) is 10.4. The summed E-state index contributed by atoms with van der Waals surface area (Å²) in [6, 6.07) is 3.58. The topological polar surface area (TPSA) is 84.2 Å². The molecule has 2 heterocycles. The fourth-order valence-electron chi connectivity index (χ4n) is 1.95. The maximum absolute atomic E-state index is 12.2. The molecule has 112 valence electrons. The van der Waals surface area contributed by atoms with Crippen LogP contribution in [0.3, 0.4) is 0 Å². The molecule has 2 aromatic heterocycles. The number of hydrogen-bond donors (Lipinski definition) is 1. The van der Waals surface area contributed by atoms with E-state index in [0.29, 0.717) is 37.6 Å².